The van der Waals surface area contributed by atoms with E-state index in [-0.39, 0.29) is 7.47 Å². The van der Waals surface area contributed by atoms with Crippen molar-refractivity contribution in [3.8, 4) is 0 Å². The van der Waals surface area contributed by atoms with Gasteiger partial charge in [-0.1, -0.05) is 113 Å². The SMILES string of the molecule is [O]CC(I)(I)C(I)(I)I. The van der Waals surface area contributed by atoms with Crippen LogP contribution in [0.1, 0.15) is 0 Å². The van der Waals surface area contributed by atoms with E-state index < -0.39 is 0 Å². The van der Waals surface area contributed by atoms with Gasteiger partial charge in [-0.15, -0.1) is 0 Å². The van der Waals surface area contributed by atoms with Crippen molar-refractivity contribution in [2.45, 2.75) is 0.864 Å². The van der Waals surface area contributed by atoms with Crippen molar-refractivity contribution in [3.05, 3.63) is 0 Å². The molecule has 0 fully saturated rings. The molecule has 0 saturated heterocycles. The number of halogens is 5. The number of rotatable bonds is 2. The van der Waals surface area contributed by atoms with Crippen LogP contribution in [-0.2, 0) is 5.11 Å². The molecular weight excluding hydrogens is 687 g/mol. The first kappa shape index (κ1) is 12.6. The van der Waals surface area contributed by atoms with E-state index in [1.807, 2.05) is 0 Å². The lowest BCUT2D eigenvalue weighted by atomic mass is 10.5. The third-order valence-electron chi connectivity index (χ3n) is 0.596. The van der Waals surface area contributed by atoms with Gasteiger partial charge in [-0.3, -0.25) is 0 Å². The fourth-order valence-corrected chi connectivity index (χ4v) is 0.549. The molecule has 0 N–H and O–H groups in total. The second kappa shape index (κ2) is 4.74. The smallest absolute Gasteiger partial charge is 0.150 e. The van der Waals surface area contributed by atoms with Crippen molar-refractivity contribution in [1.29, 1.82) is 0 Å². The van der Waals surface area contributed by atoms with Crippen molar-refractivity contribution in [3.63, 3.8) is 0 Å². The van der Waals surface area contributed by atoms with E-state index in [1.165, 1.54) is 0 Å². The van der Waals surface area contributed by atoms with Crippen LogP contribution < -0.4 is 0 Å². The summed E-state index contributed by atoms with van der Waals surface area (Å²) in [4.78, 5) is 0. The summed E-state index contributed by atoms with van der Waals surface area (Å²) >= 11 is 11.2. The molecule has 1 nitrogen and oxygen atoms in total. The Morgan fingerprint density at radius 3 is 1.33 bits per heavy atom. The molecule has 6 heteroatoms. The topological polar surface area (TPSA) is 19.9 Å². The average molecular weight is 689 g/mol. The molecule has 0 bridgehead atoms. The van der Waals surface area contributed by atoms with Gasteiger partial charge in [0.15, 0.2) is 0 Å². The van der Waals surface area contributed by atoms with Crippen LogP contribution in [-0.4, -0.2) is 7.47 Å². The Bertz CT molecular complexity index is 94.9. The highest BCUT2D eigenvalue weighted by Crippen LogP contribution is 2.54. The van der Waals surface area contributed by atoms with Crippen LogP contribution in [0.3, 0.4) is 0 Å². The van der Waals surface area contributed by atoms with Crippen LogP contribution in [0.5, 0.6) is 0 Å². The quantitative estimate of drug-likeness (QED) is 0.310. The Labute approximate surface area is 123 Å². The Balaban J connectivity index is 4.14. The maximum Gasteiger partial charge on any atom is 0.150 e. The predicted molar refractivity (Wildman–Crippen MR) is 81.1 cm³/mol. The van der Waals surface area contributed by atoms with Crippen LogP contribution in [0.25, 0.3) is 0 Å². The fourth-order valence-electron chi connectivity index (χ4n) is 0.0818. The molecule has 0 aromatic rings. The summed E-state index contributed by atoms with van der Waals surface area (Å²) in [7, 11) is 0. The van der Waals surface area contributed by atoms with Gasteiger partial charge in [0.25, 0.3) is 0 Å². The third kappa shape index (κ3) is 4.40. The van der Waals surface area contributed by atoms with Gasteiger partial charge in [-0.25, -0.2) is 5.11 Å². The number of hydrogen-bond acceptors (Lipinski definition) is 0. The number of hydrogen-bond donors (Lipinski definition) is 0. The molecule has 0 atom stereocenters. The summed E-state index contributed by atoms with van der Waals surface area (Å²) in [5, 5.41) is 10.6. The highest BCUT2D eigenvalue weighted by atomic mass is 127. The molecular formula is C3H2I5O. The maximum absolute atomic E-state index is 10.6. The summed E-state index contributed by atoms with van der Waals surface area (Å²) in [6.45, 7) is -0.0388. The van der Waals surface area contributed by atoms with Gasteiger partial charge in [-0.2, -0.15) is 0 Å². The molecule has 0 aliphatic heterocycles. The normalized spacial score (nSPS) is 14.0. The van der Waals surface area contributed by atoms with E-state index in [0.29, 0.717) is 0 Å². The molecule has 9 heavy (non-hydrogen) atoms. The lowest BCUT2D eigenvalue weighted by molar-refractivity contribution is 0.198. The van der Waals surface area contributed by atoms with Crippen LogP contribution in [0, 0.1) is 0 Å². The fraction of sp³-hybridized carbons (Fsp3) is 1.00. The zero-order chi connectivity index (χ0) is 7.71. The first-order valence-electron chi connectivity index (χ1n) is 1.84. The molecule has 55 valence electrons. The Morgan fingerprint density at radius 2 is 1.33 bits per heavy atom. The van der Waals surface area contributed by atoms with Gasteiger partial charge in [0, 0.05) is 0 Å². The van der Waals surface area contributed by atoms with Crippen LogP contribution >= 0.6 is 113 Å². The van der Waals surface area contributed by atoms with E-state index in [2.05, 4.69) is 113 Å². The molecule has 0 amide bonds. The van der Waals surface area contributed by atoms with E-state index >= 15 is 0 Å². The molecule has 0 aliphatic rings. The summed E-state index contributed by atoms with van der Waals surface area (Å²) < 4.78 is -0.159. The third-order valence-corrected chi connectivity index (χ3v) is 11.8. The Morgan fingerprint density at radius 1 is 1.00 bits per heavy atom. The number of alkyl halides is 5. The highest BCUT2D eigenvalue weighted by Gasteiger charge is 2.42. The molecule has 0 aliphatic carbocycles. The largest absolute Gasteiger partial charge is 0.234 e. The minimum absolute atomic E-state index is 0.0170. The monoisotopic (exact) mass is 689 g/mol. The van der Waals surface area contributed by atoms with Gasteiger partial charge < -0.3 is 0 Å². The van der Waals surface area contributed by atoms with Crippen molar-refractivity contribution < 1.29 is 5.11 Å². The van der Waals surface area contributed by atoms with E-state index in [1.54, 1.807) is 0 Å². The van der Waals surface area contributed by atoms with Gasteiger partial charge >= 0.3 is 0 Å². The zero-order valence-electron chi connectivity index (χ0n) is 4.01. The summed E-state index contributed by atoms with van der Waals surface area (Å²) in [6.07, 6.45) is 0. The predicted octanol–water partition coefficient (Wildman–Crippen LogP) is 3.94. The van der Waals surface area contributed by atoms with E-state index in [9.17, 15) is 5.11 Å². The van der Waals surface area contributed by atoms with Crippen LogP contribution in [0.15, 0.2) is 0 Å². The molecule has 0 aromatic heterocycles. The second-order valence-corrected chi connectivity index (χ2v) is 18.1. The minimum atomic E-state index is -0.176. The molecule has 0 aromatic carbocycles. The first-order valence-corrected chi connectivity index (χ1v) is 7.23. The van der Waals surface area contributed by atoms with Crippen molar-refractivity contribution >= 4 is 113 Å². The average Bonchev–Trinajstić information content (AvgIpc) is 1.64. The molecule has 1 radical (unpaired) electrons. The van der Waals surface area contributed by atoms with Gasteiger partial charge in [0.05, 0.1) is 0 Å². The molecule has 0 saturated carbocycles. The summed E-state index contributed by atoms with van der Waals surface area (Å²) in [6, 6.07) is 0. The lowest BCUT2D eigenvalue weighted by Crippen LogP contribution is -2.30. The van der Waals surface area contributed by atoms with Crippen LogP contribution in [0.4, 0.5) is 0 Å². The van der Waals surface area contributed by atoms with Gasteiger partial charge in [-0.05, 0) is 0 Å². The van der Waals surface area contributed by atoms with Gasteiger partial charge in [0.1, 0.15) is 7.47 Å². The van der Waals surface area contributed by atoms with E-state index in [0.717, 1.165) is 0 Å². The van der Waals surface area contributed by atoms with Gasteiger partial charge in [0.2, 0.25) is 0 Å². The maximum atomic E-state index is 10.6. The second-order valence-electron chi connectivity index (χ2n) is 1.35. The Hall–Kier alpha value is 3.61. The Kier molecular flexibility index (Phi) is 6.64. The zero-order valence-corrected chi connectivity index (χ0v) is 14.8. The summed E-state index contributed by atoms with van der Waals surface area (Å²) in [5.41, 5.74) is 0. The van der Waals surface area contributed by atoms with Crippen molar-refractivity contribution in [2.24, 2.45) is 0 Å². The molecule has 0 spiro atoms. The first-order chi connectivity index (χ1) is 3.81. The summed E-state index contributed by atoms with van der Waals surface area (Å²) in [5.74, 6) is 0. The van der Waals surface area contributed by atoms with E-state index in [4.69, 9.17) is 0 Å². The van der Waals surface area contributed by atoms with Crippen molar-refractivity contribution in [1.82, 2.24) is 0 Å². The highest BCUT2D eigenvalue weighted by molar-refractivity contribution is 14.3. The molecule has 0 rings (SSSR count). The minimum Gasteiger partial charge on any atom is -0.234 e. The molecule has 0 heterocycles. The van der Waals surface area contributed by atoms with Crippen LogP contribution in [0.2, 0.25) is 0 Å². The molecule has 0 unspecified atom stereocenters. The lowest BCUT2D eigenvalue weighted by Gasteiger charge is -2.26. The standard InChI is InChI=1S/C3H2I5O/c4-2(5,1-9)3(6,7)8/h1H2. The van der Waals surface area contributed by atoms with Crippen molar-refractivity contribution in [2.75, 3.05) is 6.61 Å².